The van der Waals surface area contributed by atoms with Crippen LogP contribution < -0.4 is 10.9 Å². The minimum Gasteiger partial charge on any atom is -0.318 e. The van der Waals surface area contributed by atoms with Crippen LogP contribution in [0.4, 0.5) is 0 Å². The summed E-state index contributed by atoms with van der Waals surface area (Å²) in [4.78, 5) is 29.4. The van der Waals surface area contributed by atoms with E-state index in [-0.39, 0.29) is 18.4 Å². The highest BCUT2D eigenvalue weighted by molar-refractivity contribution is 5.84. The van der Waals surface area contributed by atoms with Gasteiger partial charge in [-0.2, -0.15) is 0 Å². The first kappa shape index (κ1) is 19.0. The summed E-state index contributed by atoms with van der Waals surface area (Å²) in [6.07, 6.45) is 8.54. The Labute approximate surface area is 166 Å². The predicted molar refractivity (Wildman–Crippen MR) is 108 cm³/mol. The Balaban J connectivity index is 1.33. The number of nitrogens with one attached hydrogen (secondary N) is 2. The molecule has 3 atom stereocenters. The Morgan fingerprint density at radius 2 is 1.96 bits per heavy atom. The fourth-order valence-electron chi connectivity index (χ4n) is 5.07. The molecule has 1 heterocycles. The van der Waals surface area contributed by atoms with Crippen LogP contribution in [-0.2, 0) is 22.6 Å². The normalized spacial score (nSPS) is 23.2. The molecule has 2 N–H and O–H groups in total. The van der Waals surface area contributed by atoms with E-state index in [4.69, 9.17) is 0 Å². The maximum absolute atomic E-state index is 12.5. The molecule has 150 valence electrons. The van der Waals surface area contributed by atoms with Gasteiger partial charge >= 0.3 is 0 Å². The lowest BCUT2D eigenvalue weighted by atomic mass is 9.86. The second-order valence-corrected chi connectivity index (χ2v) is 8.44. The zero-order valence-electron chi connectivity index (χ0n) is 16.6. The Morgan fingerprint density at radius 1 is 1.14 bits per heavy atom. The van der Waals surface area contributed by atoms with Gasteiger partial charge in [0.25, 0.3) is 5.91 Å². The van der Waals surface area contributed by atoms with Crippen LogP contribution in [0.2, 0.25) is 0 Å². The number of unbranched alkanes of at least 4 members (excludes halogenated alkanes) is 1. The molecule has 6 nitrogen and oxygen atoms in total. The van der Waals surface area contributed by atoms with E-state index in [9.17, 15) is 9.59 Å². The van der Waals surface area contributed by atoms with E-state index in [2.05, 4.69) is 22.8 Å². The van der Waals surface area contributed by atoms with E-state index in [1.807, 2.05) is 28.8 Å². The zero-order chi connectivity index (χ0) is 19.5. The lowest BCUT2D eigenvalue weighted by Crippen LogP contribution is -2.44. The molecular weight excluding hydrogens is 352 g/mol. The standard InChI is InChI=1S/C22H30N4O2/c1-2-3-8-20-23-18-6-4-5-7-19(18)26(20)14-22(28)25-24-21(27)13-17-12-15-9-10-16(17)11-15/h4-7,15-17H,2-3,8-14H2,1H3,(H,24,27)(H,25,28)/t15-,16-,17-/m1/s1. The number of carbonyl (C=O) groups is 2. The van der Waals surface area contributed by atoms with Crippen molar-refractivity contribution in [2.45, 2.75) is 64.8 Å². The summed E-state index contributed by atoms with van der Waals surface area (Å²) in [5, 5.41) is 0. The van der Waals surface area contributed by atoms with Gasteiger partial charge in [0.15, 0.2) is 0 Å². The highest BCUT2D eigenvalue weighted by Gasteiger charge is 2.40. The molecule has 0 radical (unpaired) electrons. The molecule has 6 heteroatoms. The number of aromatic nitrogens is 2. The summed E-state index contributed by atoms with van der Waals surface area (Å²) in [5.74, 6) is 2.66. The molecule has 4 rings (SSSR count). The van der Waals surface area contributed by atoms with Gasteiger partial charge < -0.3 is 4.57 Å². The van der Waals surface area contributed by atoms with Gasteiger partial charge in [0, 0.05) is 12.8 Å². The van der Waals surface area contributed by atoms with E-state index in [0.717, 1.165) is 42.0 Å². The van der Waals surface area contributed by atoms with Gasteiger partial charge in [-0.25, -0.2) is 4.98 Å². The van der Waals surface area contributed by atoms with Gasteiger partial charge in [0.05, 0.1) is 11.0 Å². The van der Waals surface area contributed by atoms with Crippen LogP contribution in [0.5, 0.6) is 0 Å². The molecule has 2 amide bonds. The first-order valence-corrected chi connectivity index (χ1v) is 10.7. The largest absolute Gasteiger partial charge is 0.318 e. The number of rotatable bonds is 7. The van der Waals surface area contributed by atoms with Crippen LogP contribution >= 0.6 is 0 Å². The van der Waals surface area contributed by atoms with Gasteiger partial charge in [-0.15, -0.1) is 0 Å². The number of aryl methyl sites for hydroxylation is 1. The topological polar surface area (TPSA) is 76.0 Å². The van der Waals surface area contributed by atoms with Crippen LogP contribution in [0.1, 0.15) is 57.7 Å². The van der Waals surface area contributed by atoms with E-state index >= 15 is 0 Å². The lowest BCUT2D eigenvalue weighted by Gasteiger charge is -2.21. The van der Waals surface area contributed by atoms with Crippen LogP contribution in [-0.4, -0.2) is 21.4 Å². The molecule has 2 aliphatic rings. The number of carbonyl (C=O) groups excluding carboxylic acids is 2. The number of imidazole rings is 1. The molecule has 1 aromatic carbocycles. The van der Waals surface area contributed by atoms with Crippen LogP contribution in [0.3, 0.4) is 0 Å². The molecule has 1 aromatic heterocycles. The van der Waals surface area contributed by atoms with Crippen molar-refractivity contribution in [3.63, 3.8) is 0 Å². The average Bonchev–Trinajstić information content (AvgIpc) is 3.39. The smallest absolute Gasteiger partial charge is 0.258 e. The number of amides is 2. The van der Waals surface area contributed by atoms with Crippen molar-refractivity contribution in [2.24, 2.45) is 17.8 Å². The first-order valence-electron chi connectivity index (χ1n) is 10.7. The highest BCUT2D eigenvalue weighted by atomic mass is 16.2. The van der Waals surface area contributed by atoms with Crippen LogP contribution in [0, 0.1) is 17.8 Å². The minimum absolute atomic E-state index is 0.0763. The molecule has 2 saturated carbocycles. The van der Waals surface area contributed by atoms with Crippen LogP contribution in [0.15, 0.2) is 24.3 Å². The monoisotopic (exact) mass is 382 g/mol. The third-order valence-electron chi connectivity index (χ3n) is 6.46. The Hall–Kier alpha value is -2.37. The molecular formula is C22H30N4O2. The molecule has 28 heavy (non-hydrogen) atoms. The lowest BCUT2D eigenvalue weighted by molar-refractivity contribution is -0.129. The number of nitrogens with zero attached hydrogens (tertiary/aromatic N) is 2. The molecule has 0 aliphatic heterocycles. The van der Waals surface area contributed by atoms with E-state index in [0.29, 0.717) is 18.3 Å². The predicted octanol–water partition coefficient (Wildman–Crippen LogP) is 3.35. The third kappa shape index (κ3) is 4.05. The van der Waals surface area contributed by atoms with Gasteiger partial charge in [0.2, 0.25) is 5.91 Å². The SMILES string of the molecule is CCCCc1nc2ccccc2n1CC(=O)NNC(=O)C[C@H]1C[C@@H]2CC[C@@H]1C2. The van der Waals surface area contributed by atoms with Crippen LogP contribution in [0.25, 0.3) is 11.0 Å². The highest BCUT2D eigenvalue weighted by Crippen LogP contribution is 2.49. The minimum atomic E-state index is -0.220. The average molecular weight is 383 g/mol. The number of hydrogen-bond acceptors (Lipinski definition) is 3. The van der Waals surface area contributed by atoms with Crippen molar-refractivity contribution in [1.29, 1.82) is 0 Å². The number of para-hydroxylation sites is 2. The summed E-state index contributed by atoms with van der Waals surface area (Å²) >= 11 is 0. The summed E-state index contributed by atoms with van der Waals surface area (Å²) in [5.41, 5.74) is 7.08. The van der Waals surface area contributed by atoms with Crippen molar-refractivity contribution in [3.05, 3.63) is 30.1 Å². The van der Waals surface area contributed by atoms with Gasteiger partial charge in [-0.05, 0) is 55.6 Å². The summed E-state index contributed by atoms with van der Waals surface area (Å²) in [6, 6.07) is 7.87. The summed E-state index contributed by atoms with van der Waals surface area (Å²) in [6.45, 7) is 2.30. The number of hydrazine groups is 1. The van der Waals surface area contributed by atoms with Crippen molar-refractivity contribution in [1.82, 2.24) is 20.4 Å². The first-order chi connectivity index (χ1) is 13.6. The molecule has 0 unspecified atom stereocenters. The second-order valence-electron chi connectivity index (χ2n) is 8.44. The van der Waals surface area contributed by atoms with Crippen molar-refractivity contribution in [2.75, 3.05) is 0 Å². The maximum atomic E-state index is 12.5. The zero-order valence-corrected chi connectivity index (χ0v) is 16.6. The van der Waals surface area contributed by atoms with Gasteiger partial charge in [-0.3, -0.25) is 20.4 Å². The number of fused-ring (bicyclic) bond motifs is 3. The molecule has 2 aliphatic carbocycles. The second kappa shape index (κ2) is 8.33. The van der Waals surface area contributed by atoms with Crippen molar-refractivity contribution in [3.8, 4) is 0 Å². The molecule has 0 spiro atoms. The van der Waals surface area contributed by atoms with Gasteiger partial charge in [-0.1, -0.05) is 31.9 Å². The Morgan fingerprint density at radius 3 is 2.71 bits per heavy atom. The summed E-state index contributed by atoms with van der Waals surface area (Å²) in [7, 11) is 0. The van der Waals surface area contributed by atoms with E-state index in [1.54, 1.807) is 0 Å². The van der Waals surface area contributed by atoms with Crippen molar-refractivity contribution >= 4 is 22.8 Å². The number of benzene rings is 1. The van der Waals surface area contributed by atoms with Gasteiger partial charge in [0.1, 0.15) is 12.4 Å². The van der Waals surface area contributed by atoms with E-state index < -0.39 is 0 Å². The Kier molecular flexibility index (Phi) is 5.64. The van der Waals surface area contributed by atoms with Crippen molar-refractivity contribution < 1.29 is 9.59 Å². The third-order valence-corrected chi connectivity index (χ3v) is 6.46. The molecule has 2 fully saturated rings. The molecule has 2 aromatic rings. The fraction of sp³-hybridized carbons (Fsp3) is 0.591. The summed E-state index contributed by atoms with van der Waals surface area (Å²) < 4.78 is 1.96. The molecule has 0 saturated heterocycles. The fourth-order valence-corrected chi connectivity index (χ4v) is 5.07. The Bertz CT molecular complexity index is 859. The molecule has 2 bridgehead atoms. The number of hydrogen-bond donors (Lipinski definition) is 2. The maximum Gasteiger partial charge on any atom is 0.258 e. The van der Waals surface area contributed by atoms with E-state index in [1.165, 1.54) is 25.7 Å². The quantitative estimate of drug-likeness (QED) is 0.721.